The molecule has 0 aliphatic carbocycles. The van der Waals surface area contributed by atoms with Gasteiger partial charge in [0, 0.05) is 17.2 Å². The molecule has 9 heavy (non-hydrogen) atoms. The largest absolute Gasteiger partial charge is 0.307 e. The fraction of sp³-hybridized carbons (Fsp3) is 1.00. The second-order valence-corrected chi connectivity index (χ2v) is 3.20. The number of rotatable bonds is 4. The van der Waals surface area contributed by atoms with Gasteiger partial charge in [-0.3, -0.25) is 4.18 Å². The van der Waals surface area contributed by atoms with Crippen LogP contribution in [0.5, 0.6) is 0 Å². The molecule has 0 N–H and O–H groups in total. The molecule has 1 atom stereocenters. The van der Waals surface area contributed by atoms with E-state index < -0.39 is 10.3 Å². The molecule has 0 aromatic rings. The van der Waals surface area contributed by atoms with Crippen molar-refractivity contribution in [2.24, 2.45) is 0 Å². The van der Waals surface area contributed by atoms with Crippen LogP contribution in [0.1, 0.15) is 0 Å². The lowest BCUT2D eigenvalue weighted by Crippen LogP contribution is -2.17. The monoisotopic (exact) mass is 171 g/mol. The third-order valence-electron chi connectivity index (χ3n) is 0.714. The highest BCUT2D eigenvalue weighted by atomic mass is 35.7. The molecule has 0 saturated heterocycles. The number of hydrogen-bond acceptors (Lipinski definition) is 3. The normalized spacial score (nSPS) is 14.2. The average Bonchev–Trinajstić information content (AvgIpc) is 1.63. The van der Waals surface area contributed by atoms with Crippen molar-refractivity contribution in [1.29, 1.82) is 0 Å². The Hall–Kier alpha value is 0.360. The van der Waals surface area contributed by atoms with Gasteiger partial charge < -0.3 is 4.90 Å². The van der Waals surface area contributed by atoms with Crippen LogP contribution in [0.4, 0.5) is 0 Å². The Kier molecular flexibility index (Phi) is 5.38. The maximum absolute atomic E-state index is 10.1. The van der Waals surface area contributed by atoms with Crippen LogP contribution < -0.4 is 0 Å². The Morgan fingerprint density at radius 1 is 1.67 bits per heavy atom. The molecule has 0 aliphatic heterocycles. The predicted octanol–water partition coefficient (Wildman–Crippen LogP) is 0.382. The Morgan fingerprint density at radius 3 is 2.56 bits per heavy atom. The number of nitrogens with zero attached hydrogens (tertiary/aromatic N) is 1. The SMILES string of the molecule is CN(C)CCOS(=O)Cl. The number of halogens is 1. The minimum Gasteiger partial charge on any atom is -0.307 e. The van der Waals surface area contributed by atoms with Crippen molar-refractivity contribution in [3.8, 4) is 0 Å². The molecule has 0 aromatic heterocycles. The fourth-order valence-electron chi connectivity index (χ4n) is 0.285. The Balaban J connectivity index is 3.01. The van der Waals surface area contributed by atoms with Crippen LogP contribution >= 0.6 is 10.7 Å². The van der Waals surface area contributed by atoms with Crippen LogP contribution in [0.2, 0.25) is 0 Å². The van der Waals surface area contributed by atoms with E-state index in [0.717, 1.165) is 6.54 Å². The molecule has 1 unspecified atom stereocenters. The van der Waals surface area contributed by atoms with E-state index in [0.29, 0.717) is 6.61 Å². The third-order valence-corrected chi connectivity index (χ3v) is 1.33. The van der Waals surface area contributed by atoms with Gasteiger partial charge in [0.1, 0.15) is 0 Å². The van der Waals surface area contributed by atoms with Gasteiger partial charge in [0.05, 0.1) is 6.61 Å². The number of hydrogen-bond donors (Lipinski definition) is 0. The molecule has 0 radical (unpaired) electrons. The minimum atomic E-state index is -1.64. The highest BCUT2D eigenvalue weighted by Crippen LogP contribution is 1.89. The molecule has 0 heterocycles. The zero-order valence-corrected chi connectivity index (χ0v) is 7.04. The van der Waals surface area contributed by atoms with Gasteiger partial charge in [-0.1, -0.05) is 0 Å². The van der Waals surface area contributed by atoms with Gasteiger partial charge >= 0.3 is 0 Å². The molecule has 0 fully saturated rings. The van der Waals surface area contributed by atoms with Gasteiger partial charge in [-0.2, -0.15) is 0 Å². The predicted molar refractivity (Wildman–Crippen MR) is 38.5 cm³/mol. The lowest BCUT2D eigenvalue weighted by molar-refractivity contribution is 0.284. The summed E-state index contributed by atoms with van der Waals surface area (Å²) in [6, 6.07) is 0. The van der Waals surface area contributed by atoms with Gasteiger partial charge in [0.15, 0.2) is 0 Å². The average molecular weight is 172 g/mol. The molecule has 0 amide bonds. The summed E-state index contributed by atoms with van der Waals surface area (Å²) in [5, 5.41) is 0. The van der Waals surface area contributed by atoms with Crippen LogP contribution in [0.3, 0.4) is 0 Å². The summed E-state index contributed by atoms with van der Waals surface area (Å²) in [5.41, 5.74) is 0. The summed E-state index contributed by atoms with van der Waals surface area (Å²) in [6.45, 7) is 1.14. The second-order valence-electron chi connectivity index (χ2n) is 1.82. The Morgan fingerprint density at radius 2 is 2.22 bits per heavy atom. The highest BCUT2D eigenvalue weighted by Gasteiger charge is 1.93. The number of likely N-dealkylation sites (N-methyl/N-ethyl adjacent to an activating group) is 1. The van der Waals surface area contributed by atoms with E-state index in [2.05, 4.69) is 4.18 Å². The van der Waals surface area contributed by atoms with Crippen LogP contribution in [-0.2, 0) is 14.5 Å². The zero-order valence-electron chi connectivity index (χ0n) is 5.46. The van der Waals surface area contributed by atoms with Crippen LogP contribution in [-0.4, -0.2) is 36.4 Å². The van der Waals surface area contributed by atoms with E-state index in [1.54, 1.807) is 0 Å². The maximum Gasteiger partial charge on any atom is 0.255 e. The molecule has 0 rings (SSSR count). The maximum atomic E-state index is 10.1. The van der Waals surface area contributed by atoms with Crippen LogP contribution in [0.25, 0.3) is 0 Å². The van der Waals surface area contributed by atoms with E-state index in [9.17, 15) is 4.21 Å². The highest BCUT2D eigenvalue weighted by molar-refractivity contribution is 8.04. The first-order chi connectivity index (χ1) is 4.13. The van der Waals surface area contributed by atoms with E-state index in [1.807, 2.05) is 19.0 Å². The van der Waals surface area contributed by atoms with E-state index in [-0.39, 0.29) is 0 Å². The van der Waals surface area contributed by atoms with Gasteiger partial charge in [-0.25, -0.2) is 4.21 Å². The van der Waals surface area contributed by atoms with Gasteiger partial charge in [0.25, 0.3) is 10.3 Å². The van der Waals surface area contributed by atoms with Crippen molar-refractivity contribution < 1.29 is 8.39 Å². The van der Waals surface area contributed by atoms with Crippen molar-refractivity contribution in [3.05, 3.63) is 0 Å². The molecular weight excluding hydrogens is 162 g/mol. The van der Waals surface area contributed by atoms with E-state index in [4.69, 9.17) is 10.7 Å². The van der Waals surface area contributed by atoms with E-state index in [1.165, 1.54) is 0 Å². The first-order valence-corrected chi connectivity index (χ1v) is 4.39. The molecular formula is C4H10ClNO2S. The fourth-order valence-corrected chi connectivity index (χ4v) is 0.680. The third kappa shape index (κ3) is 8.36. The molecule has 0 bridgehead atoms. The minimum absolute atomic E-state index is 0.406. The first kappa shape index (κ1) is 9.36. The lowest BCUT2D eigenvalue weighted by atomic mass is 10.6. The molecule has 0 aliphatic rings. The van der Waals surface area contributed by atoms with Crippen LogP contribution in [0, 0.1) is 0 Å². The standard InChI is InChI=1S/C4H10ClNO2S/c1-6(2)3-4-8-9(5)7/h3-4H2,1-2H3. The molecule has 0 spiro atoms. The molecule has 0 aromatic carbocycles. The van der Waals surface area contributed by atoms with Gasteiger partial charge in [-0.15, -0.1) is 0 Å². The summed E-state index contributed by atoms with van der Waals surface area (Å²) < 4.78 is 14.6. The Labute approximate surface area is 62.1 Å². The summed E-state index contributed by atoms with van der Waals surface area (Å²) >= 11 is 0. The molecule has 0 saturated carbocycles. The van der Waals surface area contributed by atoms with Crippen molar-refractivity contribution in [3.63, 3.8) is 0 Å². The summed E-state index contributed by atoms with van der Waals surface area (Å²) in [6.07, 6.45) is 0. The Bertz CT molecular complexity index is 98.6. The summed E-state index contributed by atoms with van der Waals surface area (Å²) in [4.78, 5) is 1.92. The molecule has 5 heteroatoms. The summed E-state index contributed by atoms with van der Waals surface area (Å²) in [7, 11) is 7.16. The zero-order chi connectivity index (χ0) is 7.28. The van der Waals surface area contributed by atoms with Crippen molar-refractivity contribution in [2.45, 2.75) is 0 Å². The lowest BCUT2D eigenvalue weighted by Gasteiger charge is -2.06. The quantitative estimate of drug-likeness (QED) is 0.573. The van der Waals surface area contributed by atoms with Crippen molar-refractivity contribution in [1.82, 2.24) is 4.90 Å². The second kappa shape index (κ2) is 5.17. The smallest absolute Gasteiger partial charge is 0.255 e. The van der Waals surface area contributed by atoms with Crippen molar-refractivity contribution in [2.75, 3.05) is 27.2 Å². The summed E-state index contributed by atoms with van der Waals surface area (Å²) in [5.74, 6) is 0. The van der Waals surface area contributed by atoms with Crippen LogP contribution in [0.15, 0.2) is 0 Å². The van der Waals surface area contributed by atoms with Crippen molar-refractivity contribution >= 4 is 21.0 Å². The van der Waals surface area contributed by atoms with E-state index >= 15 is 0 Å². The topological polar surface area (TPSA) is 29.5 Å². The van der Waals surface area contributed by atoms with Gasteiger partial charge in [0.2, 0.25) is 0 Å². The first-order valence-electron chi connectivity index (χ1n) is 2.49. The molecule has 56 valence electrons. The molecule has 3 nitrogen and oxygen atoms in total. The van der Waals surface area contributed by atoms with Gasteiger partial charge in [-0.05, 0) is 14.1 Å².